The van der Waals surface area contributed by atoms with Crippen molar-refractivity contribution in [1.82, 2.24) is 20.7 Å². The highest BCUT2D eigenvalue weighted by Gasteiger charge is 2.41. The van der Waals surface area contributed by atoms with Crippen LogP contribution in [-0.4, -0.2) is 50.5 Å². The summed E-state index contributed by atoms with van der Waals surface area (Å²) >= 11 is 0.522. The first-order chi connectivity index (χ1) is 16.0. The molecule has 1 aliphatic heterocycles. The summed E-state index contributed by atoms with van der Waals surface area (Å²) in [4.78, 5) is 65.1. The number of imide groups is 1. The van der Waals surface area contributed by atoms with Crippen LogP contribution in [0.3, 0.4) is 0 Å². The van der Waals surface area contributed by atoms with E-state index in [4.69, 9.17) is 0 Å². The van der Waals surface area contributed by atoms with Crippen LogP contribution in [0.4, 0.5) is 23.7 Å². The van der Waals surface area contributed by atoms with Crippen LogP contribution in [0, 0.1) is 0 Å². The Bertz CT molecular complexity index is 1130. The van der Waals surface area contributed by atoms with E-state index in [0.717, 1.165) is 12.1 Å². The highest BCUT2D eigenvalue weighted by atomic mass is 32.2. The molecule has 1 atom stereocenters. The van der Waals surface area contributed by atoms with Crippen LogP contribution in [0.1, 0.15) is 22.3 Å². The first-order valence-corrected chi connectivity index (χ1v) is 10.4. The Morgan fingerprint density at radius 2 is 1.74 bits per heavy atom. The third-order valence-electron chi connectivity index (χ3n) is 4.41. The molecule has 0 unspecified atom stereocenters. The third-order valence-corrected chi connectivity index (χ3v) is 5.48. The predicted molar refractivity (Wildman–Crippen MR) is 113 cm³/mol. The molecule has 1 aromatic heterocycles. The van der Waals surface area contributed by atoms with E-state index in [0.29, 0.717) is 22.7 Å². The normalized spacial score (nSPS) is 15.7. The standard InChI is InChI=1S/C20H16F3N5O5S/c21-20(22,23)12-2-1-3-13(8-12)25-16(30)10-28-18(32)14(34-19(28)33)9-15(29)26-27-17(31)11-4-6-24-7-5-11/h1-8,14H,9-10H2,(H,25,30)(H,26,29)(H,27,31)/t14-/m1/s1. The first kappa shape index (κ1) is 24.7. The summed E-state index contributed by atoms with van der Waals surface area (Å²) in [6.45, 7) is -0.738. The summed E-state index contributed by atoms with van der Waals surface area (Å²) in [5.74, 6) is -3.08. The SMILES string of the molecule is O=C(C[C@H]1SC(=O)N(CC(=O)Nc2cccc(C(F)(F)F)c2)C1=O)NNC(=O)c1ccncc1. The number of nitrogens with one attached hydrogen (secondary N) is 3. The van der Waals surface area contributed by atoms with Crippen molar-refractivity contribution in [1.29, 1.82) is 0 Å². The van der Waals surface area contributed by atoms with Gasteiger partial charge < -0.3 is 5.32 Å². The van der Waals surface area contributed by atoms with E-state index >= 15 is 0 Å². The highest BCUT2D eigenvalue weighted by molar-refractivity contribution is 8.15. The van der Waals surface area contributed by atoms with Crippen molar-refractivity contribution in [2.75, 3.05) is 11.9 Å². The molecule has 1 fully saturated rings. The maximum Gasteiger partial charge on any atom is 0.416 e. The Balaban J connectivity index is 1.51. The lowest BCUT2D eigenvalue weighted by atomic mass is 10.2. The second-order valence-corrected chi connectivity index (χ2v) is 8.02. The van der Waals surface area contributed by atoms with E-state index in [2.05, 4.69) is 21.2 Å². The van der Waals surface area contributed by atoms with Crippen molar-refractivity contribution in [2.45, 2.75) is 17.8 Å². The number of alkyl halides is 3. The van der Waals surface area contributed by atoms with Crippen molar-refractivity contribution >= 4 is 46.3 Å². The predicted octanol–water partition coefficient (Wildman–Crippen LogP) is 1.95. The van der Waals surface area contributed by atoms with Crippen LogP contribution in [0.2, 0.25) is 0 Å². The molecule has 0 aliphatic carbocycles. The lowest BCUT2D eigenvalue weighted by Crippen LogP contribution is -2.44. The van der Waals surface area contributed by atoms with Gasteiger partial charge in [-0.15, -0.1) is 0 Å². The highest BCUT2D eigenvalue weighted by Crippen LogP contribution is 2.31. The molecule has 0 radical (unpaired) electrons. The van der Waals surface area contributed by atoms with Gasteiger partial charge in [0.1, 0.15) is 11.8 Å². The zero-order valence-electron chi connectivity index (χ0n) is 17.1. The van der Waals surface area contributed by atoms with Crippen LogP contribution >= 0.6 is 11.8 Å². The number of carbonyl (C=O) groups is 5. The molecule has 2 aromatic rings. The smallest absolute Gasteiger partial charge is 0.325 e. The molecule has 5 amide bonds. The summed E-state index contributed by atoms with van der Waals surface area (Å²) in [5.41, 5.74) is 3.37. The number of thioether (sulfide) groups is 1. The van der Waals surface area contributed by atoms with Crippen molar-refractivity contribution in [3.63, 3.8) is 0 Å². The van der Waals surface area contributed by atoms with Crippen molar-refractivity contribution in [3.8, 4) is 0 Å². The lowest BCUT2D eigenvalue weighted by Gasteiger charge is -2.14. The molecule has 3 N–H and O–H groups in total. The van der Waals surface area contributed by atoms with Crippen LogP contribution in [0.5, 0.6) is 0 Å². The summed E-state index contributed by atoms with van der Waals surface area (Å²) in [6.07, 6.45) is -2.30. The topological polar surface area (TPSA) is 138 Å². The van der Waals surface area contributed by atoms with E-state index in [1.807, 2.05) is 0 Å². The minimum absolute atomic E-state index is 0.160. The summed E-state index contributed by atoms with van der Waals surface area (Å²) in [6, 6.07) is 6.70. The molecule has 34 heavy (non-hydrogen) atoms. The number of hydrazine groups is 1. The number of anilines is 1. The largest absolute Gasteiger partial charge is 0.416 e. The molecule has 10 nitrogen and oxygen atoms in total. The number of hydrogen-bond donors (Lipinski definition) is 3. The van der Waals surface area contributed by atoms with Crippen molar-refractivity contribution < 1.29 is 37.1 Å². The quantitative estimate of drug-likeness (QED) is 0.521. The Kier molecular flexibility index (Phi) is 7.50. The molecule has 0 bridgehead atoms. The van der Waals surface area contributed by atoms with Gasteiger partial charge in [-0.05, 0) is 30.3 Å². The zero-order valence-corrected chi connectivity index (χ0v) is 17.9. The first-order valence-electron chi connectivity index (χ1n) is 9.53. The average molecular weight is 495 g/mol. The number of pyridine rings is 1. The van der Waals surface area contributed by atoms with Gasteiger partial charge in [0.15, 0.2) is 0 Å². The second kappa shape index (κ2) is 10.3. The van der Waals surface area contributed by atoms with Crippen LogP contribution in [0.15, 0.2) is 48.8 Å². The second-order valence-electron chi connectivity index (χ2n) is 6.87. The maximum absolute atomic E-state index is 12.8. The number of amides is 5. The van der Waals surface area contributed by atoms with Gasteiger partial charge >= 0.3 is 6.18 Å². The molecule has 178 valence electrons. The molecule has 1 saturated heterocycles. The molecule has 14 heteroatoms. The molecule has 2 heterocycles. The van der Waals surface area contributed by atoms with Gasteiger partial charge in [-0.1, -0.05) is 17.8 Å². The van der Waals surface area contributed by atoms with Crippen molar-refractivity contribution in [3.05, 3.63) is 59.9 Å². The van der Waals surface area contributed by atoms with Gasteiger partial charge in [-0.25, -0.2) is 0 Å². The number of aromatic nitrogens is 1. The van der Waals surface area contributed by atoms with E-state index in [-0.39, 0.29) is 11.3 Å². The van der Waals surface area contributed by atoms with E-state index < -0.39 is 58.8 Å². The number of hydrogen-bond acceptors (Lipinski definition) is 7. The molecule has 1 aromatic carbocycles. The summed E-state index contributed by atoms with van der Waals surface area (Å²) in [5, 5.41) is 0.279. The van der Waals surface area contributed by atoms with Gasteiger partial charge in [0.05, 0.1) is 5.56 Å². The Morgan fingerprint density at radius 3 is 2.41 bits per heavy atom. The van der Waals surface area contributed by atoms with E-state index in [9.17, 15) is 37.1 Å². The Morgan fingerprint density at radius 1 is 1.03 bits per heavy atom. The third kappa shape index (κ3) is 6.31. The number of carbonyl (C=O) groups excluding carboxylic acids is 5. The number of rotatable bonds is 6. The Labute approximate surface area is 194 Å². The molecular formula is C20H16F3N5O5S. The molecule has 1 aliphatic rings. The molecular weight excluding hydrogens is 479 g/mol. The zero-order chi connectivity index (χ0) is 24.9. The minimum Gasteiger partial charge on any atom is -0.325 e. The lowest BCUT2D eigenvalue weighted by molar-refractivity contribution is -0.137. The number of nitrogens with zero attached hydrogens (tertiary/aromatic N) is 2. The minimum atomic E-state index is -4.61. The van der Waals surface area contributed by atoms with E-state index in [1.54, 1.807) is 0 Å². The van der Waals surface area contributed by atoms with Gasteiger partial charge in [0, 0.05) is 30.1 Å². The average Bonchev–Trinajstić information content (AvgIpc) is 3.04. The Hall–Kier alpha value is -3.94. The van der Waals surface area contributed by atoms with Crippen LogP contribution < -0.4 is 16.2 Å². The fourth-order valence-electron chi connectivity index (χ4n) is 2.81. The maximum atomic E-state index is 12.8. The number of halogens is 3. The fraction of sp³-hybridized carbons (Fsp3) is 0.200. The summed E-state index contributed by atoms with van der Waals surface area (Å²) in [7, 11) is 0. The summed E-state index contributed by atoms with van der Waals surface area (Å²) < 4.78 is 38.4. The molecule has 3 rings (SSSR count). The molecule has 0 spiro atoms. The molecule has 0 saturated carbocycles. The van der Waals surface area contributed by atoms with Gasteiger partial charge in [-0.2, -0.15) is 13.2 Å². The monoisotopic (exact) mass is 495 g/mol. The van der Waals surface area contributed by atoms with Crippen LogP contribution in [0.25, 0.3) is 0 Å². The fourth-order valence-corrected chi connectivity index (χ4v) is 3.80. The van der Waals surface area contributed by atoms with Gasteiger partial charge in [0.25, 0.3) is 11.1 Å². The van der Waals surface area contributed by atoms with Crippen LogP contribution in [-0.2, 0) is 20.6 Å². The van der Waals surface area contributed by atoms with Gasteiger partial charge in [-0.3, -0.25) is 44.7 Å². The van der Waals surface area contributed by atoms with E-state index in [1.165, 1.54) is 30.6 Å². The van der Waals surface area contributed by atoms with Crippen molar-refractivity contribution in [2.24, 2.45) is 0 Å². The van der Waals surface area contributed by atoms with Gasteiger partial charge in [0.2, 0.25) is 17.7 Å². The number of benzene rings is 1.